The summed E-state index contributed by atoms with van der Waals surface area (Å²) in [6.07, 6.45) is 9.26. The second kappa shape index (κ2) is 6.84. The molecule has 0 aromatic heterocycles. The van der Waals surface area contributed by atoms with E-state index in [0.717, 1.165) is 18.4 Å². The lowest BCUT2D eigenvalue weighted by molar-refractivity contribution is 0.00455. The highest BCUT2D eigenvalue weighted by Gasteiger charge is 2.17. The van der Waals surface area contributed by atoms with E-state index < -0.39 is 0 Å². The number of rotatable bonds is 4. The zero-order chi connectivity index (χ0) is 15.2. The second-order valence-electron chi connectivity index (χ2n) is 5.43. The largest absolute Gasteiger partial charge is 0.361 e. The van der Waals surface area contributed by atoms with Gasteiger partial charge in [-0.05, 0) is 47.6 Å². The lowest BCUT2D eigenvalue weighted by atomic mass is 9.97. The van der Waals surface area contributed by atoms with Crippen molar-refractivity contribution in [3.05, 3.63) is 88.5 Å². The Morgan fingerprint density at radius 2 is 1.64 bits per heavy atom. The van der Waals surface area contributed by atoms with E-state index in [4.69, 9.17) is 5.53 Å². The van der Waals surface area contributed by atoms with Crippen LogP contribution in [0.1, 0.15) is 36.0 Å². The number of hydrogen-bond donors (Lipinski definition) is 0. The molecule has 0 saturated heterocycles. The molecule has 2 aromatic carbocycles. The maximum Gasteiger partial charge on any atom is 0.288 e. The maximum atomic E-state index is 8.84. The summed E-state index contributed by atoms with van der Waals surface area (Å²) < 4.78 is 0. The Labute approximate surface area is 131 Å². The summed E-state index contributed by atoms with van der Waals surface area (Å²) >= 11 is 0. The molecule has 1 aliphatic carbocycles. The molecule has 2 heteroatoms. The van der Waals surface area contributed by atoms with Crippen LogP contribution in [0.4, 0.5) is 0 Å². The molecule has 2 nitrogen and oxygen atoms in total. The molecule has 0 heterocycles. The Morgan fingerprint density at radius 1 is 0.864 bits per heavy atom. The first kappa shape index (κ1) is 14.2. The second-order valence-corrected chi connectivity index (χ2v) is 5.43. The van der Waals surface area contributed by atoms with Crippen LogP contribution in [0.25, 0.3) is 17.2 Å². The fraction of sp³-hybridized carbons (Fsp3) is 0.150. The number of nitrogens with zero attached hydrogens (tertiary/aromatic N) is 2. The predicted molar refractivity (Wildman–Crippen MR) is 91.5 cm³/mol. The van der Waals surface area contributed by atoms with Gasteiger partial charge in [0.2, 0.25) is 0 Å². The molecular weight excluding hydrogens is 268 g/mol. The molecule has 108 valence electrons. The van der Waals surface area contributed by atoms with Gasteiger partial charge in [0.25, 0.3) is 6.21 Å². The molecule has 0 fully saturated rings. The normalized spacial score (nSPS) is 14.4. The van der Waals surface area contributed by atoms with Crippen molar-refractivity contribution in [1.29, 1.82) is 0 Å². The van der Waals surface area contributed by atoms with Crippen molar-refractivity contribution in [2.75, 3.05) is 0 Å². The Morgan fingerprint density at radius 3 is 2.45 bits per heavy atom. The summed E-state index contributed by atoms with van der Waals surface area (Å²) in [5.74, 6) is 0. The average molecular weight is 286 g/mol. The van der Waals surface area contributed by atoms with E-state index in [1.165, 1.54) is 34.9 Å². The van der Waals surface area contributed by atoms with Crippen LogP contribution in [0.5, 0.6) is 0 Å². The third kappa shape index (κ3) is 3.13. The van der Waals surface area contributed by atoms with E-state index in [2.05, 4.69) is 47.3 Å². The standard InChI is InChI=1S/C20H18N2/c21-22-15-18-9-4-5-11-20(18)19-12-6-10-17(19)14-13-16-7-2-1-3-8-16/h1-5,7-9,11,13-15H,6,10,12H2/b14-13+. The third-order valence-electron chi connectivity index (χ3n) is 4.02. The van der Waals surface area contributed by atoms with Gasteiger partial charge in [-0.15, -0.1) is 0 Å². The van der Waals surface area contributed by atoms with E-state index in [1.807, 2.05) is 24.3 Å². The van der Waals surface area contributed by atoms with Gasteiger partial charge in [-0.2, -0.15) is 4.79 Å². The summed E-state index contributed by atoms with van der Waals surface area (Å²) in [7, 11) is 0. The van der Waals surface area contributed by atoms with Crippen LogP contribution in [0.15, 0.2) is 66.2 Å². The fourth-order valence-corrected chi connectivity index (χ4v) is 2.97. The first-order valence-electron chi connectivity index (χ1n) is 7.60. The van der Waals surface area contributed by atoms with Gasteiger partial charge in [0.05, 0.1) is 5.56 Å². The third-order valence-corrected chi connectivity index (χ3v) is 4.02. The summed E-state index contributed by atoms with van der Waals surface area (Å²) in [5, 5.41) is 0. The molecule has 0 amide bonds. The van der Waals surface area contributed by atoms with Crippen molar-refractivity contribution >= 4 is 17.9 Å². The molecule has 22 heavy (non-hydrogen) atoms. The number of hydrogen-bond acceptors (Lipinski definition) is 0. The summed E-state index contributed by atoms with van der Waals surface area (Å²) in [5.41, 5.74) is 14.9. The van der Waals surface area contributed by atoms with Gasteiger partial charge >= 0.3 is 0 Å². The minimum absolute atomic E-state index is 0.965. The van der Waals surface area contributed by atoms with Crippen LogP contribution >= 0.6 is 0 Å². The summed E-state index contributed by atoms with van der Waals surface area (Å²) in [6.45, 7) is 0. The van der Waals surface area contributed by atoms with Crippen molar-refractivity contribution in [3.63, 3.8) is 0 Å². The Kier molecular flexibility index (Phi) is 4.43. The van der Waals surface area contributed by atoms with Crippen LogP contribution in [-0.4, -0.2) is 11.0 Å². The quantitative estimate of drug-likeness (QED) is 0.431. The molecule has 0 unspecified atom stereocenters. The van der Waals surface area contributed by atoms with Crippen LogP contribution in [0.3, 0.4) is 0 Å². The minimum atomic E-state index is 0.965. The van der Waals surface area contributed by atoms with Crippen molar-refractivity contribution < 1.29 is 4.79 Å². The monoisotopic (exact) mass is 286 g/mol. The van der Waals surface area contributed by atoms with E-state index in [-0.39, 0.29) is 0 Å². The molecule has 0 N–H and O–H groups in total. The molecule has 0 radical (unpaired) electrons. The summed E-state index contributed by atoms with van der Waals surface area (Å²) in [4.78, 5) is 3.19. The van der Waals surface area contributed by atoms with Gasteiger partial charge in [0.15, 0.2) is 0 Å². The van der Waals surface area contributed by atoms with Gasteiger partial charge in [-0.3, -0.25) is 0 Å². The Bertz CT molecular complexity index is 763. The highest BCUT2D eigenvalue weighted by molar-refractivity contribution is 5.88. The van der Waals surface area contributed by atoms with Crippen LogP contribution < -0.4 is 0 Å². The Balaban J connectivity index is 1.98. The topological polar surface area (TPSA) is 36.4 Å². The molecule has 2 aromatic rings. The van der Waals surface area contributed by atoms with Crippen molar-refractivity contribution in [2.45, 2.75) is 19.3 Å². The van der Waals surface area contributed by atoms with Crippen molar-refractivity contribution in [1.82, 2.24) is 0 Å². The molecule has 0 atom stereocenters. The molecule has 0 spiro atoms. The smallest absolute Gasteiger partial charge is 0.288 e. The maximum absolute atomic E-state index is 8.84. The number of allylic oxidation sites excluding steroid dienone is 3. The predicted octanol–water partition coefficient (Wildman–Crippen LogP) is 4.99. The summed E-state index contributed by atoms with van der Waals surface area (Å²) in [6, 6.07) is 18.4. The van der Waals surface area contributed by atoms with Gasteiger partial charge < -0.3 is 5.53 Å². The zero-order valence-electron chi connectivity index (χ0n) is 12.4. The highest BCUT2D eigenvalue weighted by atomic mass is 14.8. The number of benzene rings is 2. The molecule has 3 rings (SSSR count). The SMILES string of the molecule is [N-]=[N+]=Cc1ccccc1C1=C(/C=C/c2ccccc2)CCC1. The van der Waals surface area contributed by atoms with Crippen LogP contribution in [0, 0.1) is 0 Å². The van der Waals surface area contributed by atoms with Gasteiger partial charge in [-0.1, -0.05) is 60.7 Å². The zero-order valence-corrected chi connectivity index (χ0v) is 12.4. The van der Waals surface area contributed by atoms with Crippen LogP contribution in [0.2, 0.25) is 0 Å². The lowest BCUT2D eigenvalue weighted by Crippen LogP contribution is -1.92. The van der Waals surface area contributed by atoms with Gasteiger partial charge in [-0.25, -0.2) is 0 Å². The van der Waals surface area contributed by atoms with Crippen LogP contribution in [-0.2, 0) is 0 Å². The van der Waals surface area contributed by atoms with Crippen molar-refractivity contribution in [2.24, 2.45) is 0 Å². The molecular formula is C20H18N2. The van der Waals surface area contributed by atoms with E-state index in [0.29, 0.717) is 0 Å². The first-order valence-corrected chi connectivity index (χ1v) is 7.60. The van der Waals surface area contributed by atoms with Gasteiger partial charge in [0.1, 0.15) is 0 Å². The van der Waals surface area contributed by atoms with Crippen molar-refractivity contribution in [3.8, 4) is 0 Å². The lowest BCUT2D eigenvalue weighted by Gasteiger charge is -2.06. The molecule has 0 aliphatic heterocycles. The fourth-order valence-electron chi connectivity index (χ4n) is 2.97. The molecule has 0 bridgehead atoms. The Hall–Kier alpha value is -2.70. The first-order chi connectivity index (χ1) is 10.9. The highest BCUT2D eigenvalue weighted by Crippen LogP contribution is 2.36. The van der Waals surface area contributed by atoms with Gasteiger partial charge in [0, 0.05) is 0 Å². The average Bonchev–Trinajstić information content (AvgIpc) is 3.03. The van der Waals surface area contributed by atoms with E-state index in [1.54, 1.807) is 0 Å². The van der Waals surface area contributed by atoms with E-state index in [9.17, 15) is 0 Å². The molecule has 0 saturated carbocycles. The van der Waals surface area contributed by atoms with E-state index >= 15 is 0 Å². The molecule has 1 aliphatic rings. The minimum Gasteiger partial charge on any atom is -0.361 e.